The average molecular weight is 389 g/mol. The van der Waals surface area contributed by atoms with Crippen molar-refractivity contribution in [1.29, 1.82) is 0 Å². The van der Waals surface area contributed by atoms with Crippen molar-refractivity contribution >= 4 is 0 Å². The summed E-state index contributed by atoms with van der Waals surface area (Å²) in [5, 5.41) is 20.5. The first kappa shape index (κ1) is 20.6. The van der Waals surface area contributed by atoms with Crippen LogP contribution in [0, 0.1) is 0 Å². The van der Waals surface area contributed by atoms with Crippen LogP contribution >= 0.6 is 0 Å². The Balaban J connectivity index is 1.29. The number of quaternary nitrogens is 2. The molecule has 0 bridgehead atoms. The Kier molecular flexibility index (Phi) is 8.11. The first-order valence-corrected chi connectivity index (χ1v) is 10.1. The van der Waals surface area contributed by atoms with Crippen LogP contribution in [0.1, 0.15) is 0 Å². The summed E-state index contributed by atoms with van der Waals surface area (Å²) < 4.78 is 11.3. The van der Waals surface area contributed by atoms with Gasteiger partial charge in [0.25, 0.3) is 0 Å². The molecule has 0 radical (unpaired) electrons. The fourth-order valence-electron chi connectivity index (χ4n) is 3.57. The molecule has 28 heavy (non-hydrogen) atoms. The number of para-hydroxylation sites is 2. The van der Waals surface area contributed by atoms with Gasteiger partial charge >= 0.3 is 0 Å². The van der Waals surface area contributed by atoms with E-state index in [0.717, 1.165) is 37.7 Å². The number of aliphatic hydroxyl groups excluding tert-OH is 2. The summed E-state index contributed by atoms with van der Waals surface area (Å²) in [6.45, 7) is 5.99. The predicted molar refractivity (Wildman–Crippen MR) is 107 cm³/mol. The van der Waals surface area contributed by atoms with Crippen LogP contribution < -0.4 is 19.3 Å². The van der Waals surface area contributed by atoms with Crippen LogP contribution in [0.25, 0.3) is 0 Å². The van der Waals surface area contributed by atoms with E-state index in [0.29, 0.717) is 26.3 Å². The normalized spacial score (nSPS) is 21.6. The lowest BCUT2D eigenvalue weighted by molar-refractivity contribution is -1.01. The number of hydrogen-bond acceptors (Lipinski definition) is 4. The lowest BCUT2D eigenvalue weighted by Crippen LogP contribution is -3.29. The molecule has 1 aliphatic rings. The van der Waals surface area contributed by atoms with Gasteiger partial charge in [-0.2, -0.15) is 0 Å². The van der Waals surface area contributed by atoms with Gasteiger partial charge in [-0.1, -0.05) is 36.4 Å². The van der Waals surface area contributed by atoms with Crippen molar-refractivity contribution in [3.8, 4) is 11.5 Å². The smallest absolute Gasteiger partial charge is 0.137 e. The molecule has 0 saturated carbocycles. The van der Waals surface area contributed by atoms with Crippen LogP contribution in [0.3, 0.4) is 0 Å². The van der Waals surface area contributed by atoms with Crippen molar-refractivity contribution < 1.29 is 29.5 Å². The van der Waals surface area contributed by atoms with Gasteiger partial charge in [-0.3, -0.25) is 0 Å². The average Bonchev–Trinajstić information content (AvgIpc) is 2.74. The van der Waals surface area contributed by atoms with Gasteiger partial charge in [-0.05, 0) is 24.3 Å². The van der Waals surface area contributed by atoms with Crippen molar-refractivity contribution in [3.63, 3.8) is 0 Å². The zero-order valence-corrected chi connectivity index (χ0v) is 16.3. The second kappa shape index (κ2) is 11.0. The molecular formula is C22H32N2O4+2. The topological polar surface area (TPSA) is 67.8 Å². The highest BCUT2D eigenvalue weighted by Crippen LogP contribution is 2.08. The third kappa shape index (κ3) is 7.13. The van der Waals surface area contributed by atoms with Gasteiger partial charge < -0.3 is 29.5 Å². The minimum Gasteiger partial charge on any atom is -0.491 e. The van der Waals surface area contributed by atoms with E-state index in [-0.39, 0.29) is 0 Å². The van der Waals surface area contributed by atoms with Crippen molar-refractivity contribution in [2.45, 2.75) is 12.2 Å². The molecule has 2 atom stereocenters. The van der Waals surface area contributed by atoms with Gasteiger partial charge in [0, 0.05) is 0 Å². The summed E-state index contributed by atoms with van der Waals surface area (Å²) in [6.07, 6.45) is -0.941. The van der Waals surface area contributed by atoms with E-state index in [1.807, 2.05) is 60.7 Å². The second-order valence-electron chi connectivity index (χ2n) is 7.46. The second-order valence-corrected chi connectivity index (χ2v) is 7.46. The fraction of sp³-hybridized carbons (Fsp3) is 0.455. The van der Waals surface area contributed by atoms with E-state index in [9.17, 15) is 10.2 Å². The molecule has 0 amide bonds. The number of nitrogens with one attached hydrogen (secondary N) is 2. The minimum atomic E-state index is -0.471. The Morgan fingerprint density at radius 2 is 1.00 bits per heavy atom. The number of aliphatic hydroxyl groups is 2. The Labute approximate surface area is 166 Å². The molecule has 2 aromatic rings. The molecule has 1 aliphatic heterocycles. The highest BCUT2D eigenvalue weighted by molar-refractivity contribution is 5.21. The predicted octanol–water partition coefficient (Wildman–Crippen LogP) is -1.35. The van der Waals surface area contributed by atoms with Crippen LogP contribution in [0.15, 0.2) is 60.7 Å². The molecule has 0 aliphatic carbocycles. The van der Waals surface area contributed by atoms with Crippen molar-refractivity contribution in [2.75, 3.05) is 52.5 Å². The van der Waals surface area contributed by atoms with Crippen LogP contribution in [0.2, 0.25) is 0 Å². The number of hydrogen-bond donors (Lipinski definition) is 4. The Bertz CT molecular complexity index is 603. The maximum Gasteiger partial charge on any atom is 0.137 e. The third-order valence-corrected chi connectivity index (χ3v) is 5.08. The summed E-state index contributed by atoms with van der Waals surface area (Å²) in [5.74, 6) is 1.58. The summed E-state index contributed by atoms with van der Waals surface area (Å²) in [5.41, 5.74) is 0. The quantitative estimate of drug-likeness (QED) is 0.406. The van der Waals surface area contributed by atoms with Gasteiger partial charge in [-0.25, -0.2) is 0 Å². The molecule has 1 heterocycles. The van der Waals surface area contributed by atoms with Crippen LogP contribution in [0.4, 0.5) is 0 Å². The molecule has 152 valence electrons. The summed E-state index contributed by atoms with van der Waals surface area (Å²) >= 11 is 0. The number of rotatable bonds is 10. The Morgan fingerprint density at radius 1 is 0.643 bits per heavy atom. The molecule has 3 rings (SSSR count). The van der Waals surface area contributed by atoms with E-state index in [1.54, 1.807) is 0 Å². The molecule has 1 saturated heterocycles. The number of ether oxygens (including phenoxy) is 2. The van der Waals surface area contributed by atoms with Gasteiger partial charge in [0.05, 0.1) is 0 Å². The zero-order valence-electron chi connectivity index (χ0n) is 16.3. The minimum absolute atomic E-state index is 0.319. The first-order valence-electron chi connectivity index (χ1n) is 10.1. The van der Waals surface area contributed by atoms with Crippen LogP contribution in [-0.4, -0.2) is 74.9 Å². The van der Waals surface area contributed by atoms with Gasteiger partial charge in [0.15, 0.2) is 0 Å². The Morgan fingerprint density at radius 3 is 1.36 bits per heavy atom. The highest BCUT2D eigenvalue weighted by Gasteiger charge is 2.26. The molecule has 4 N–H and O–H groups in total. The largest absolute Gasteiger partial charge is 0.491 e. The van der Waals surface area contributed by atoms with E-state index in [1.165, 1.54) is 9.80 Å². The Hall–Kier alpha value is -2.12. The maximum atomic E-state index is 10.2. The van der Waals surface area contributed by atoms with E-state index >= 15 is 0 Å². The van der Waals surface area contributed by atoms with Crippen LogP contribution in [-0.2, 0) is 0 Å². The molecule has 0 unspecified atom stereocenters. The maximum absolute atomic E-state index is 10.2. The number of benzene rings is 2. The fourth-order valence-corrected chi connectivity index (χ4v) is 3.57. The zero-order chi connectivity index (χ0) is 19.6. The molecule has 6 nitrogen and oxygen atoms in total. The van der Waals surface area contributed by atoms with E-state index in [2.05, 4.69) is 0 Å². The van der Waals surface area contributed by atoms with E-state index < -0.39 is 12.2 Å². The molecule has 6 heteroatoms. The monoisotopic (exact) mass is 388 g/mol. The van der Waals surface area contributed by atoms with Crippen molar-refractivity contribution in [1.82, 2.24) is 0 Å². The lowest BCUT2D eigenvalue weighted by atomic mass is 10.2. The molecular weight excluding hydrogens is 356 g/mol. The number of piperazine rings is 1. The molecule has 0 aromatic heterocycles. The molecule has 2 aromatic carbocycles. The lowest BCUT2D eigenvalue weighted by Gasteiger charge is -2.31. The highest BCUT2D eigenvalue weighted by atomic mass is 16.5. The summed E-state index contributed by atoms with van der Waals surface area (Å²) in [4.78, 5) is 2.78. The SMILES string of the molecule is O[C@H](COc1ccccc1)C[NH+]1CC[NH+](C[C@@H](O)COc2ccccc2)CC1. The van der Waals surface area contributed by atoms with Crippen LogP contribution in [0.5, 0.6) is 11.5 Å². The van der Waals surface area contributed by atoms with E-state index in [4.69, 9.17) is 9.47 Å². The van der Waals surface area contributed by atoms with Crippen molar-refractivity contribution in [2.24, 2.45) is 0 Å². The first-order chi connectivity index (χ1) is 13.7. The molecule has 1 fully saturated rings. The van der Waals surface area contributed by atoms with Gasteiger partial charge in [0.2, 0.25) is 0 Å². The third-order valence-electron chi connectivity index (χ3n) is 5.08. The molecule has 0 spiro atoms. The summed E-state index contributed by atoms with van der Waals surface area (Å²) in [7, 11) is 0. The standard InChI is InChI=1S/C22H30N2O4/c25-19(17-27-21-7-3-1-4-8-21)15-23-11-13-24(14-12-23)16-20(26)18-28-22-9-5-2-6-10-22/h1-10,19-20,25-26H,11-18H2/p+2/t19-,20+. The van der Waals surface area contributed by atoms with Crippen molar-refractivity contribution in [3.05, 3.63) is 60.7 Å². The summed E-state index contributed by atoms with van der Waals surface area (Å²) in [6, 6.07) is 19.2. The van der Waals surface area contributed by atoms with Gasteiger partial charge in [0.1, 0.15) is 76.2 Å². The van der Waals surface area contributed by atoms with Gasteiger partial charge in [-0.15, -0.1) is 0 Å².